The summed E-state index contributed by atoms with van der Waals surface area (Å²) in [6.45, 7) is 0. The van der Waals surface area contributed by atoms with Crippen LogP contribution in [0.2, 0.25) is 0 Å². The van der Waals surface area contributed by atoms with Crippen molar-refractivity contribution in [1.82, 2.24) is 0 Å². The van der Waals surface area contributed by atoms with Gasteiger partial charge in [0.15, 0.2) is 42.4 Å². The van der Waals surface area contributed by atoms with E-state index >= 15 is 0 Å². The van der Waals surface area contributed by atoms with Gasteiger partial charge in [0.2, 0.25) is 0 Å². The highest BCUT2D eigenvalue weighted by molar-refractivity contribution is 5.70. The molecule has 0 unspecified atom stereocenters. The van der Waals surface area contributed by atoms with Crippen molar-refractivity contribution < 1.29 is 39.4 Å². The number of aliphatic carboxylic acids is 1. The molecule has 0 aromatic carbocycles. The van der Waals surface area contributed by atoms with Gasteiger partial charge in [-0.15, -0.1) is 0 Å². The van der Waals surface area contributed by atoms with Gasteiger partial charge in [0, 0.05) is 0 Å². The van der Waals surface area contributed by atoms with Gasteiger partial charge in [0.05, 0.1) is 0 Å². The first kappa shape index (κ1) is 21.9. The molecule has 1 N–H and O–H groups in total. The smallest absolute Gasteiger partial charge is 0.481 e. The molecular weight excluding hydrogens is 380 g/mol. The monoisotopic (exact) mass is 386 g/mol. The van der Waals surface area contributed by atoms with Crippen LogP contribution < -0.4 is 0 Å². The minimum absolute atomic E-state index is 2.13. The summed E-state index contributed by atoms with van der Waals surface area (Å²) < 4.78 is 0. The van der Waals surface area contributed by atoms with E-state index < -0.39 is 65.8 Å². The van der Waals surface area contributed by atoms with Crippen LogP contribution >= 0.6 is 0 Å². The van der Waals surface area contributed by atoms with Gasteiger partial charge in [0.25, 0.3) is 0 Å². The maximum absolute atomic E-state index is 11.1. The zero-order valence-electron chi connectivity index (χ0n) is 11.9. The Morgan fingerprint density at radius 1 is 0.654 bits per heavy atom. The summed E-state index contributed by atoms with van der Waals surface area (Å²) >= 11 is 0. The lowest BCUT2D eigenvalue weighted by Gasteiger charge is -2.15. The van der Waals surface area contributed by atoms with Crippen LogP contribution in [-0.2, 0) is 4.79 Å². The molecule has 0 rings (SSSR count). The maximum atomic E-state index is 11.1. The average Bonchev–Trinajstić information content (AvgIpc) is 2.44. The van der Waals surface area contributed by atoms with E-state index in [2.05, 4.69) is 0 Å². The van der Waals surface area contributed by atoms with Crippen LogP contribution in [-0.4, -0.2) is 52.2 Å². The Balaban J connectivity index is 6.37. The molecule has 0 fully saturated rings. The fourth-order valence-corrected chi connectivity index (χ4v) is 1.76. The van der Waals surface area contributed by atoms with Crippen LogP contribution in [0, 0.1) is 66.6 Å². The zero-order valence-corrected chi connectivity index (χ0v) is 11.9. The first-order valence-corrected chi connectivity index (χ1v) is 5.77. The summed E-state index contributed by atoms with van der Waals surface area (Å²) in [6, 6.07) is 0. The molecule has 0 aliphatic heterocycles. The van der Waals surface area contributed by atoms with Gasteiger partial charge >= 0.3 is 17.5 Å². The topological polar surface area (TPSA) is 296 Å². The fraction of sp³-hybridized carbons (Fsp3) is 0.833. The highest BCUT2D eigenvalue weighted by Gasteiger charge is 2.77. The minimum atomic E-state index is -4.45. The molecule has 0 radical (unpaired) electrons. The highest BCUT2D eigenvalue weighted by atomic mass is 16.7. The molecule has 0 saturated heterocycles. The van der Waals surface area contributed by atoms with Gasteiger partial charge in [-0.05, 0) is 0 Å². The van der Waals surface area contributed by atoms with E-state index in [1.165, 1.54) is 0 Å². The van der Waals surface area contributed by atoms with Gasteiger partial charge in [-0.25, -0.2) is 0 Å². The molecule has 0 atom stereocenters. The number of carbonyl (C=O) groups is 1. The Bertz CT molecular complexity index is 576. The third kappa shape index (κ3) is 3.36. The third-order valence-electron chi connectivity index (χ3n) is 3.14. The van der Waals surface area contributed by atoms with E-state index in [0.29, 0.717) is 0 Å². The Labute approximate surface area is 137 Å². The second kappa shape index (κ2) is 7.18. The number of hydrogen-bond acceptors (Lipinski definition) is 13. The van der Waals surface area contributed by atoms with Crippen molar-refractivity contribution in [3.8, 4) is 0 Å². The van der Waals surface area contributed by atoms with Gasteiger partial charge in [-0.3, -0.25) is 65.5 Å². The van der Waals surface area contributed by atoms with E-state index in [9.17, 15) is 65.5 Å². The molecule has 0 spiro atoms. The van der Waals surface area contributed by atoms with Crippen LogP contribution in [0.25, 0.3) is 0 Å². The molecule has 20 nitrogen and oxygen atoms in total. The van der Waals surface area contributed by atoms with E-state index in [4.69, 9.17) is 5.11 Å². The van der Waals surface area contributed by atoms with Gasteiger partial charge in [0.1, 0.15) is 5.92 Å². The molecule has 0 saturated carbocycles. The second-order valence-corrected chi connectivity index (χ2v) is 4.53. The standard InChI is InChI=1S/C6H6N6O14/c13-4(14)3(1-5(7(15)16,8(17)18)9(19)20)2-6(10(21)22,11(23)24)12(25)26/h3H,1-2H2,(H,13,14). The lowest BCUT2D eigenvalue weighted by molar-refractivity contribution is -0.976. The molecule has 26 heavy (non-hydrogen) atoms. The summed E-state index contributed by atoms with van der Waals surface area (Å²) in [5, 5.41) is 73.4. The van der Waals surface area contributed by atoms with Gasteiger partial charge in [-0.2, -0.15) is 0 Å². The van der Waals surface area contributed by atoms with Crippen molar-refractivity contribution in [2.75, 3.05) is 0 Å². The van der Waals surface area contributed by atoms with Crippen molar-refractivity contribution >= 4 is 5.97 Å². The summed E-state index contributed by atoms with van der Waals surface area (Å²) in [5.41, 5.74) is 0. The van der Waals surface area contributed by atoms with Crippen molar-refractivity contribution in [3.05, 3.63) is 60.7 Å². The summed E-state index contributed by atoms with van der Waals surface area (Å²) in [4.78, 5) is 62.8. The van der Waals surface area contributed by atoms with Gasteiger partial charge < -0.3 is 5.11 Å². The zero-order chi connectivity index (χ0) is 21.0. The first-order valence-electron chi connectivity index (χ1n) is 5.77. The normalized spacial score (nSPS) is 11.6. The van der Waals surface area contributed by atoms with E-state index in [1.54, 1.807) is 0 Å². The van der Waals surface area contributed by atoms with E-state index in [0.717, 1.165) is 0 Å². The molecule has 0 aliphatic rings. The molecule has 0 heterocycles. The number of nitro groups is 6. The Hall–Kier alpha value is -4.13. The molecule has 0 aromatic heterocycles. The maximum Gasteiger partial charge on any atom is 0.700 e. The number of carboxylic acid groups (broad SMARTS) is 1. The number of hydrogen-bond donors (Lipinski definition) is 1. The van der Waals surface area contributed by atoms with Crippen molar-refractivity contribution in [1.29, 1.82) is 0 Å². The first-order chi connectivity index (χ1) is 11.7. The molecular formula is C6H6N6O14. The minimum Gasteiger partial charge on any atom is -0.481 e. The molecule has 20 heteroatoms. The largest absolute Gasteiger partial charge is 0.700 e. The lowest BCUT2D eigenvalue weighted by Crippen LogP contribution is -2.58. The Kier molecular flexibility index (Phi) is 6.04. The quantitative estimate of drug-likeness (QED) is 0.238. The molecule has 0 aromatic rings. The number of carboxylic acids is 1. The number of rotatable bonds is 11. The predicted molar refractivity (Wildman–Crippen MR) is 67.8 cm³/mol. The Morgan fingerprint density at radius 3 is 0.962 bits per heavy atom. The van der Waals surface area contributed by atoms with E-state index in [1.807, 2.05) is 0 Å². The van der Waals surface area contributed by atoms with Crippen molar-refractivity contribution in [2.24, 2.45) is 5.92 Å². The van der Waals surface area contributed by atoms with Crippen LogP contribution in [0.15, 0.2) is 0 Å². The number of nitrogens with zero attached hydrogens (tertiary/aromatic N) is 6. The molecule has 0 amide bonds. The molecule has 0 aliphatic carbocycles. The second-order valence-electron chi connectivity index (χ2n) is 4.53. The lowest BCUT2D eigenvalue weighted by atomic mass is 9.93. The van der Waals surface area contributed by atoms with Crippen LogP contribution in [0.5, 0.6) is 0 Å². The van der Waals surface area contributed by atoms with Crippen LogP contribution in [0.4, 0.5) is 0 Å². The summed E-state index contributed by atoms with van der Waals surface area (Å²) in [7, 11) is 0. The predicted octanol–water partition coefficient (Wildman–Crippen LogP) is -1.56. The van der Waals surface area contributed by atoms with Crippen LogP contribution in [0.3, 0.4) is 0 Å². The van der Waals surface area contributed by atoms with E-state index in [-0.39, 0.29) is 0 Å². The van der Waals surface area contributed by atoms with Crippen molar-refractivity contribution in [3.63, 3.8) is 0 Å². The van der Waals surface area contributed by atoms with Gasteiger partial charge in [-0.1, -0.05) is 0 Å². The fourth-order valence-electron chi connectivity index (χ4n) is 1.76. The van der Waals surface area contributed by atoms with Crippen LogP contribution in [0.1, 0.15) is 12.8 Å². The third-order valence-corrected chi connectivity index (χ3v) is 3.14. The summed E-state index contributed by atoms with van der Waals surface area (Å²) in [5.74, 6) is -14.3. The average molecular weight is 386 g/mol. The van der Waals surface area contributed by atoms with Crippen molar-refractivity contribution in [2.45, 2.75) is 24.4 Å². The summed E-state index contributed by atoms with van der Waals surface area (Å²) in [6.07, 6.45) is -4.46. The molecule has 0 bridgehead atoms. The SMILES string of the molecule is O=C(O)C(CC([N+](=O)[O-])([N+](=O)[O-])[N+](=O)[O-])CC([N+](=O)[O-])([N+](=O)[O-])[N+](=O)[O-]. The molecule has 144 valence electrons. The Morgan fingerprint density at radius 2 is 0.846 bits per heavy atom. The highest BCUT2D eigenvalue weighted by Crippen LogP contribution is 2.31.